The Bertz CT molecular complexity index is 826. The summed E-state index contributed by atoms with van der Waals surface area (Å²) in [6.07, 6.45) is 0. The Hall–Kier alpha value is -1.61. The van der Waals surface area contributed by atoms with Gasteiger partial charge in [0.05, 0.1) is 6.61 Å². The minimum atomic E-state index is -3.35. The van der Waals surface area contributed by atoms with E-state index in [1.165, 1.54) is 11.3 Å². The SMILES string of the molecule is CCOc1ccc(OCCN2CCN(S(=O)(=O)c3ccc(C)s3)CC2)cc1. The highest BCUT2D eigenvalue weighted by atomic mass is 32.2. The van der Waals surface area contributed by atoms with Crippen molar-refractivity contribution in [1.82, 2.24) is 9.21 Å². The number of nitrogens with zero attached hydrogens (tertiary/aromatic N) is 2. The van der Waals surface area contributed by atoms with Crippen molar-refractivity contribution in [3.8, 4) is 11.5 Å². The highest BCUT2D eigenvalue weighted by Crippen LogP contribution is 2.25. The molecule has 8 heteroatoms. The van der Waals surface area contributed by atoms with Gasteiger partial charge in [-0.25, -0.2) is 8.42 Å². The molecule has 0 aliphatic carbocycles. The smallest absolute Gasteiger partial charge is 0.252 e. The normalized spacial score (nSPS) is 16.4. The summed E-state index contributed by atoms with van der Waals surface area (Å²) in [5.41, 5.74) is 0. The Morgan fingerprint density at radius 2 is 1.59 bits per heavy atom. The molecule has 0 N–H and O–H groups in total. The molecule has 1 aromatic heterocycles. The zero-order valence-corrected chi connectivity index (χ0v) is 17.4. The molecule has 0 atom stereocenters. The molecule has 1 aliphatic rings. The zero-order chi connectivity index (χ0) is 19.3. The van der Waals surface area contributed by atoms with E-state index in [1.54, 1.807) is 10.4 Å². The molecule has 2 aromatic rings. The maximum atomic E-state index is 12.7. The lowest BCUT2D eigenvalue weighted by molar-refractivity contribution is 0.159. The van der Waals surface area contributed by atoms with Crippen molar-refractivity contribution < 1.29 is 17.9 Å². The summed E-state index contributed by atoms with van der Waals surface area (Å²) in [5.74, 6) is 1.65. The van der Waals surface area contributed by atoms with Crippen LogP contribution in [0.5, 0.6) is 11.5 Å². The van der Waals surface area contributed by atoms with Gasteiger partial charge in [-0.15, -0.1) is 11.3 Å². The van der Waals surface area contributed by atoms with Gasteiger partial charge < -0.3 is 9.47 Å². The van der Waals surface area contributed by atoms with Crippen LogP contribution < -0.4 is 9.47 Å². The molecular formula is C19H26N2O4S2. The lowest BCUT2D eigenvalue weighted by atomic mass is 10.3. The Labute approximate surface area is 165 Å². The first-order valence-electron chi connectivity index (χ1n) is 9.13. The number of thiophene rings is 1. The number of hydrogen-bond donors (Lipinski definition) is 0. The van der Waals surface area contributed by atoms with E-state index in [9.17, 15) is 8.42 Å². The van der Waals surface area contributed by atoms with Gasteiger partial charge in [0.1, 0.15) is 22.3 Å². The van der Waals surface area contributed by atoms with Gasteiger partial charge in [-0.1, -0.05) is 0 Å². The highest BCUT2D eigenvalue weighted by molar-refractivity contribution is 7.91. The number of rotatable bonds is 8. The second-order valence-corrected chi connectivity index (χ2v) is 9.82. The minimum Gasteiger partial charge on any atom is -0.494 e. The van der Waals surface area contributed by atoms with Gasteiger partial charge in [0.25, 0.3) is 10.0 Å². The number of ether oxygens (including phenoxy) is 2. The van der Waals surface area contributed by atoms with E-state index in [1.807, 2.05) is 44.2 Å². The second kappa shape index (κ2) is 9.05. The quantitative estimate of drug-likeness (QED) is 0.670. The molecule has 0 spiro atoms. The maximum Gasteiger partial charge on any atom is 0.252 e. The largest absolute Gasteiger partial charge is 0.494 e. The molecule has 0 bridgehead atoms. The summed E-state index contributed by atoms with van der Waals surface area (Å²) >= 11 is 1.33. The van der Waals surface area contributed by atoms with Crippen LogP contribution in [-0.4, -0.2) is 63.6 Å². The van der Waals surface area contributed by atoms with E-state index in [4.69, 9.17) is 9.47 Å². The van der Waals surface area contributed by atoms with E-state index in [2.05, 4.69) is 4.90 Å². The van der Waals surface area contributed by atoms with Crippen LogP contribution in [0.1, 0.15) is 11.8 Å². The fourth-order valence-corrected chi connectivity index (χ4v) is 5.82. The van der Waals surface area contributed by atoms with Crippen LogP contribution in [0.25, 0.3) is 0 Å². The van der Waals surface area contributed by atoms with Crippen molar-refractivity contribution in [1.29, 1.82) is 0 Å². The van der Waals surface area contributed by atoms with E-state index in [-0.39, 0.29) is 0 Å². The molecule has 1 aliphatic heterocycles. The monoisotopic (exact) mass is 410 g/mol. The molecule has 2 heterocycles. The van der Waals surface area contributed by atoms with Gasteiger partial charge in [-0.2, -0.15) is 4.31 Å². The van der Waals surface area contributed by atoms with Crippen LogP contribution in [-0.2, 0) is 10.0 Å². The molecular weight excluding hydrogens is 384 g/mol. The number of sulfonamides is 1. The molecule has 1 aromatic carbocycles. The third-order valence-electron chi connectivity index (χ3n) is 4.45. The average Bonchev–Trinajstić information content (AvgIpc) is 3.11. The van der Waals surface area contributed by atoms with Crippen molar-refractivity contribution in [2.24, 2.45) is 0 Å². The first kappa shape index (κ1) is 20.1. The van der Waals surface area contributed by atoms with Gasteiger partial charge in [0, 0.05) is 37.6 Å². The Morgan fingerprint density at radius 3 is 2.15 bits per heavy atom. The van der Waals surface area contributed by atoms with E-state index < -0.39 is 10.0 Å². The molecule has 0 unspecified atom stereocenters. The molecule has 1 fully saturated rings. The standard InChI is InChI=1S/C19H26N2O4S2/c1-3-24-17-5-7-18(8-6-17)25-15-14-20-10-12-21(13-11-20)27(22,23)19-9-4-16(2)26-19/h4-9H,3,10-15H2,1-2H3. The van der Waals surface area contributed by atoms with Crippen LogP contribution >= 0.6 is 11.3 Å². The van der Waals surface area contributed by atoms with E-state index in [0.29, 0.717) is 30.5 Å². The maximum absolute atomic E-state index is 12.7. The summed E-state index contributed by atoms with van der Waals surface area (Å²) < 4.78 is 38.5. The third kappa shape index (κ3) is 5.22. The number of aryl methyl sites for hydroxylation is 1. The Morgan fingerprint density at radius 1 is 0.963 bits per heavy atom. The summed E-state index contributed by atoms with van der Waals surface area (Å²) in [5, 5.41) is 0. The van der Waals surface area contributed by atoms with Crippen LogP contribution in [0, 0.1) is 6.92 Å². The highest BCUT2D eigenvalue weighted by Gasteiger charge is 2.29. The predicted octanol–water partition coefficient (Wildman–Crippen LogP) is 2.84. The van der Waals surface area contributed by atoms with Crippen LogP contribution in [0.3, 0.4) is 0 Å². The van der Waals surface area contributed by atoms with E-state index >= 15 is 0 Å². The second-order valence-electron chi connectivity index (χ2n) is 6.36. The van der Waals surface area contributed by atoms with Crippen molar-refractivity contribution in [3.05, 3.63) is 41.3 Å². The summed E-state index contributed by atoms with van der Waals surface area (Å²) in [4.78, 5) is 3.25. The molecule has 1 saturated heterocycles. The number of benzene rings is 1. The Kier molecular flexibility index (Phi) is 6.75. The predicted molar refractivity (Wildman–Crippen MR) is 107 cm³/mol. The third-order valence-corrected chi connectivity index (χ3v) is 7.82. The van der Waals surface area contributed by atoms with Crippen molar-refractivity contribution >= 4 is 21.4 Å². The van der Waals surface area contributed by atoms with Gasteiger partial charge in [0.15, 0.2) is 0 Å². The first-order valence-corrected chi connectivity index (χ1v) is 11.4. The van der Waals surface area contributed by atoms with Gasteiger partial charge in [-0.3, -0.25) is 4.90 Å². The van der Waals surface area contributed by atoms with Crippen LogP contribution in [0.15, 0.2) is 40.6 Å². The molecule has 6 nitrogen and oxygen atoms in total. The van der Waals surface area contributed by atoms with Crippen molar-refractivity contribution in [2.45, 2.75) is 18.1 Å². The van der Waals surface area contributed by atoms with Crippen LogP contribution in [0.4, 0.5) is 0 Å². The summed E-state index contributed by atoms with van der Waals surface area (Å²) in [7, 11) is -3.35. The average molecular weight is 411 g/mol. The number of hydrogen-bond acceptors (Lipinski definition) is 6. The molecule has 0 amide bonds. The Balaban J connectivity index is 1.43. The molecule has 0 saturated carbocycles. The van der Waals surface area contributed by atoms with Gasteiger partial charge in [-0.05, 0) is 50.2 Å². The van der Waals surface area contributed by atoms with Crippen molar-refractivity contribution in [2.75, 3.05) is 45.9 Å². The molecule has 148 valence electrons. The summed E-state index contributed by atoms with van der Waals surface area (Å²) in [6.45, 7) is 8.35. The lowest BCUT2D eigenvalue weighted by Crippen LogP contribution is -2.49. The van der Waals surface area contributed by atoms with E-state index in [0.717, 1.165) is 36.0 Å². The van der Waals surface area contributed by atoms with Gasteiger partial charge in [0.2, 0.25) is 0 Å². The van der Waals surface area contributed by atoms with Crippen LogP contribution in [0.2, 0.25) is 0 Å². The fraction of sp³-hybridized carbons (Fsp3) is 0.474. The first-order chi connectivity index (χ1) is 13.0. The van der Waals surface area contributed by atoms with Gasteiger partial charge >= 0.3 is 0 Å². The lowest BCUT2D eigenvalue weighted by Gasteiger charge is -2.33. The molecule has 27 heavy (non-hydrogen) atoms. The summed E-state index contributed by atoms with van der Waals surface area (Å²) in [6, 6.07) is 11.2. The molecule has 0 radical (unpaired) electrons. The van der Waals surface area contributed by atoms with Crippen molar-refractivity contribution in [3.63, 3.8) is 0 Å². The molecule has 3 rings (SSSR count). The topological polar surface area (TPSA) is 59.1 Å². The number of piperazine rings is 1. The minimum absolute atomic E-state index is 0.437. The zero-order valence-electron chi connectivity index (χ0n) is 15.8. The fourth-order valence-electron chi connectivity index (χ4n) is 2.96.